The number of pyridine rings is 1. The van der Waals surface area contributed by atoms with Gasteiger partial charge in [-0.15, -0.1) is 0 Å². The minimum atomic E-state index is 0.248. The molecule has 0 radical (unpaired) electrons. The Kier molecular flexibility index (Phi) is 5.51. The van der Waals surface area contributed by atoms with E-state index in [9.17, 15) is 0 Å². The van der Waals surface area contributed by atoms with Crippen molar-refractivity contribution >= 4 is 56.0 Å². The molecule has 5 rings (SSSR count). The maximum atomic E-state index is 5.64. The van der Waals surface area contributed by atoms with Gasteiger partial charge in [0.2, 0.25) is 0 Å². The van der Waals surface area contributed by atoms with Crippen molar-refractivity contribution in [2.45, 2.75) is 26.8 Å². The Morgan fingerprint density at radius 3 is 2.93 bits per heavy atom. The van der Waals surface area contributed by atoms with Crippen molar-refractivity contribution in [1.29, 1.82) is 0 Å². The van der Waals surface area contributed by atoms with E-state index in [1.54, 1.807) is 0 Å². The fourth-order valence-corrected chi connectivity index (χ4v) is 6.28. The van der Waals surface area contributed by atoms with E-state index in [1.807, 2.05) is 30.6 Å². The third-order valence-electron chi connectivity index (χ3n) is 5.34. The summed E-state index contributed by atoms with van der Waals surface area (Å²) in [5.41, 5.74) is 5.70. The van der Waals surface area contributed by atoms with Crippen molar-refractivity contribution in [2.75, 3.05) is 24.7 Å². The van der Waals surface area contributed by atoms with E-state index in [0.717, 1.165) is 56.5 Å². The van der Waals surface area contributed by atoms with E-state index in [-0.39, 0.29) is 6.04 Å². The van der Waals surface area contributed by atoms with Crippen LogP contribution >= 0.6 is 39.9 Å². The molecular weight excluding hydrogens is 534 g/mol. The molecule has 11 heteroatoms. The molecule has 1 aliphatic heterocycles. The molecule has 1 saturated heterocycles. The molecule has 0 bridgehead atoms. The number of halogens is 1. The molecule has 1 aliphatic rings. The number of morpholine rings is 1. The fraction of sp³-hybridized carbons (Fsp3) is 0.368. The Morgan fingerprint density at radius 2 is 2.20 bits per heavy atom. The Hall–Kier alpha value is -1.62. The molecule has 0 saturated carbocycles. The number of aryl methyl sites for hydroxylation is 2. The van der Waals surface area contributed by atoms with Crippen LogP contribution in [0.2, 0.25) is 0 Å². The molecule has 4 aromatic rings. The fourth-order valence-electron chi connectivity index (χ4n) is 3.89. The normalized spacial score (nSPS) is 17.6. The van der Waals surface area contributed by atoms with E-state index >= 15 is 0 Å². The lowest BCUT2D eigenvalue weighted by atomic mass is 10.0. The van der Waals surface area contributed by atoms with Crippen LogP contribution in [-0.2, 0) is 4.74 Å². The molecule has 0 aliphatic carbocycles. The Balaban J connectivity index is 1.78. The summed E-state index contributed by atoms with van der Waals surface area (Å²) in [5, 5.41) is 8.61. The van der Waals surface area contributed by atoms with E-state index in [2.05, 4.69) is 50.2 Å². The van der Waals surface area contributed by atoms with Crippen LogP contribution in [0.15, 0.2) is 22.9 Å². The first-order valence-electron chi connectivity index (χ1n) is 9.57. The van der Waals surface area contributed by atoms with Gasteiger partial charge >= 0.3 is 0 Å². The maximum absolute atomic E-state index is 5.64. The largest absolute Gasteiger partial charge is 0.377 e. The van der Waals surface area contributed by atoms with Gasteiger partial charge in [0.15, 0.2) is 0 Å². The average Bonchev–Trinajstić information content (AvgIpc) is 3.46. The highest BCUT2D eigenvalue weighted by Gasteiger charge is 2.26. The molecule has 30 heavy (non-hydrogen) atoms. The molecule has 8 nitrogen and oxygen atoms in total. The summed E-state index contributed by atoms with van der Waals surface area (Å²) in [4.78, 5) is 7.41. The van der Waals surface area contributed by atoms with Crippen molar-refractivity contribution in [3.05, 3.63) is 29.8 Å². The minimum Gasteiger partial charge on any atom is -0.377 e. The second-order valence-electron chi connectivity index (χ2n) is 7.27. The van der Waals surface area contributed by atoms with Crippen molar-refractivity contribution in [2.24, 2.45) is 0 Å². The quantitative estimate of drug-likeness (QED) is 0.264. The molecule has 4 aromatic heterocycles. The lowest BCUT2D eigenvalue weighted by molar-refractivity contribution is 0.0986. The topological polar surface area (TPSA) is 82.1 Å². The zero-order valence-electron chi connectivity index (χ0n) is 16.7. The van der Waals surface area contributed by atoms with Crippen LogP contribution in [0.3, 0.4) is 0 Å². The standard InChI is InChI=1S/C19H20IN6O2PS/c1-10-9-27-7-6-25(10)15-8-13(16-11(2)23-28-12(16)3)19-18(22-15)17(24-30-19)14-4-5-21-26(14)29-20/h4-5,8,10,29H,6-7,9H2,1-3H3/t10-/m1/s1. The summed E-state index contributed by atoms with van der Waals surface area (Å²) in [6.45, 7) is 8.29. The highest BCUT2D eigenvalue weighted by Crippen LogP contribution is 2.42. The number of nitrogens with zero attached hydrogens (tertiary/aromatic N) is 6. The molecule has 0 N–H and O–H groups in total. The highest BCUT2D eigenvalue weighted by molar-refractivity contribution is 14.2. The van der Waals surface area contributed by atoms with Gasteiger partial charge in [-0.2, -0.15) is 9.47 Å². The smallest absolute Gasteiger partial charge is 0.141 e. The van der Waals surface area contributed by atoms with Gasteiger partial charge in [-0.3, -0.25) is 0 Å². The molecule has 1 unspecified atom stereocenters. The van der Waals surface area contributed by atoms with Crippen LogP contribution in [0.1, 0.15) is 18.4 Å². The Labute approximate surface area is 192 Å². The first kappa shape index (κ1) is 20.3. The van der Waals surface area contributed by atoms with Crippen molar-refractivity contribution in [3.63, 3.8) is 0 Å². The lowest BCUT2D eigenvalue weighted by Crippen LogP contribution is -2.44. The first-order chi connectivity index (χ1) is 14.6. The predicted octanol–water partition coefficient (Wildman–Crippen LogP) is 4.84. The van der Waals surface area contributed by atoms with Crippen LogP contribution < -0.4 is 4.90 Å². The van der Waals surface area contributed by atoms with E-state index < -0.39 is 0 Å². The molecular formula is C19H20IN6O2PS. The van der Waals surface area contributed by atoms with Gasteiger partial charge in [0.25, 0.3) is 0 Å². The SMILES string of the molecule is Cc1noc(C)c1-c1cc(N2CCOC[C@H]2C)nc2c(-c3ccnn3PI)nsc12. The zero-order chi connectivity index (χ0) is 20.8. The average molecular weight is 554 g/mol. The number of hydrogen-bond acceptors (Lipinski definition) is 8. The summed E-state index contributed by atoms with van der Waals surface area (Å²) in [6, 6.07) is 4.40. The number of ether oxygens (including phenoxy) is 1. The van der Waals surface area contributed by atoms with Gasteiger partial charge < -0.3 is 14.2 Å². The molecule has 5 heterocycles. The number of aromatic nitrogens is 5. The van der Waals surface area contributed by atoms with Gasteiger partial charge in [0, 0.05) is 23.9 Å². The second kappa shape index (κ2) is 8.14. The van der Waals surface area contributed by atoms with Gasteiger partial charge in [-0.05, 0) is 66.5 Å². The van der Waals surface area contributed by atoms with Crippen LogP contribution in [0.25, 0.3) is 32.7 Å². The summed E-state index contributed by atoms with van der Waals surface area (Å²) in [5.74, 6) is 1.73. The third-order valence-corrected chi connectivity index (χ3v) is 8.10. The van der Waals surface area contributed by atoms with Crippen molar-refractivity contribution in [3.8, 4) is 22.5 Å². The van der Waals surface area contributed by atoms with Crippen LogP contribution in [0.5, 0.6) is 0 Å². The van der Waals surface area contributed by atoms with Crippen LogP contribution in [0, 0.1) is 13.8 Å². The molecule has 2 atom stereocenters. The predicted molar refractivity (Wildman–Crippen MR) is 129 cm³/mol. The van der Waals surface area contributed by atoms with E-state index in [4.69, 9.17) is 18.6 Å². The number of rotatable bonds is 4. The molecule has 0 amide bonds. The Morgan fingerprint density at radius 1 is 1.33 bits per heavy atom. The number of fused-ring (bicyclic) bond motifs is 1. The Bertz CT molecular complexity index is 1200. The van der Waals surface area contributed by atoms with E-state index in [1.165, 1.54) is 11.5 Å². The lowest BCUT2D eigenvalue weighted by Gasteiger charge is -2.34. The van der Waals surface area contributed by atoms with Crippen LogP contribution in [0.4, 0.5) is 5.82 Å². The monoisotopic (exact) mass is 554 g/mol. The van der Waals surface area contributed by atoms with Gasteiger partial charge in [-0.1, -0.05) is 5.16 Å². The van der Waals surface area contributed by atoms with E-state index in [0.29, 0.717) is 19.6 Å². The van der Waals surface area contributed by atoms with Gasteiger partial charge in [-0.25, -0.2) is 9.44 Å². The van der Waals surface area contributed by atoms with Gasteiger partial charge in [0.1, 0.15) is 22.8 Å². The van der Waals surface area contributed by atoms with Gasteiger partial charge in [0.05, 0.1) is 41.7 Å². The summed E-state index contributed by atoms with van der Waals surface area (Å²) in [7, 11) is 0. The first-order valence-corrected chi connectivity index (χ1v) is 14.4. The molecule has 0 spiro atoms. The molecule has 156 valence electrons. The summed E-state index contributed by atoms with van der Waals surface area (Å²) in [6.07, 6.45) is 2.31. The second-order valence-corrected chi connectivity index (χ2v) is 10.1. The number of anilines is 1. The molecule has 0 aromatic carbocycles. The number of hydrogen-bond donors (Lipinski definition) is 0. The van der Waals surface area contributed by atoms with Crippen LogP contribution in [-0.4, -0.2) is 49.9 Å². The van der Waals surface area contributed by atoms with Crippen molar-refractivity contribution < 1.29 is 9.26 Å². The third kappa shape index (κ3) is 3.34. The maximum Gasteiger partial charge on any atom is 0.141 e. The highest BCUT2D eigenvalue weighted by atomic mass is 127. The minimum absolute atomic E-state index is 0.248. The zero-order valence-corrected chi connectivity index (χ0v) is 20.7. The van der Waals surface area contributed by atoms with Crippen molar-refractivity contribution in [1.82, 2.24) is 24.1 Å². The summed E-state index contributed by atoms with van der Waals surface area (Å²) >= 11 is 3.80. The summed E-state index contributed by atoms with van der Waals surface area (Å²) < 4.78 is 18.9. The molecule has 1 fully saturated rings.